The molecule has 2 aromatic carbocycles. The van der Waals surface area contributed by atoms with Crippen molar-refractivity contribution in [2.75, 3.05) is 0 Å². The molecule has 6 heteroatoms. The zero-order valence-corrected chi connectivity index (χ0v) is 29.4. The molecule has 4 aliphatic rings. The van der Waals surface area contributed by atoms with E-state index in [0.29, 0.717) is 25.0 Å². The van der Waals surface area contributed by atoms with Crippen molar-refractivity contribution in [3.63, 3.8) is 0 Å². The van der Waals surface area contributed by atoms with Crippen LogP contribution >= 0.6 is 0 Å². The van der Waals surface area contributed by atoms with Crippen molar-refractivity contribution in [2.24, 2.45) is 5.92 Å². The molecule has 3 unspecified atom stereocenters. The summed E-state index contributed by atoms with van der Waals surface area (Å²) in [4.78, 5) is 26.6. The zero-order chi connectivity index (χ0) is 33.7. The molecule has 0 fully saturated rings. The van der Waals surface area contributed by atoms with E-state index < -0.39 is 23.3 Å². The van der Waals surface area contributed by atoms with Crippen LogP contribution in [-0.4, -0.2) is 28.4 Å². The van der Waals surface area contributed by atoms with Gasteiger partial charge < -0.3 is 19.5 Å². The molecule has 0 radical (unpaired) electrons. The van der Waals surface area contributed by atoms with Crippen LogP contribution in [0.2, 0.25) is 0 Å². The highest BCUT2D eigenvalue weighted by molar-refractivity contribution is 5.95. The van der Waals surface area contributed by atoms with Crippen molar-refractivity contribution in [1.82, 2.24) is 0 Å². The summed E-state index contributed by atoms with van der Waals surface area (Å²) in [6, 6.07) is 8.18. The van der Waals surface area contributed by atoms with Gasteiger partial charge in [0.2, 0.25) is 0 Å². The van der Waals surface area contributed by atoms with Gasteiger partial charge in [-0.15, -0.1) is 0 Å². The second kappa shape index (κ2) is 12.8. The van der Waals surface area contributed by atoms with Gasteiger partial charge >= 0.3 is 5.97 Å². The first-order chi connectivity index (χ1) is 22.4. The molecule has 0 saturated carbocycles. The summed E-state index contributed by atoms with van der Waals surface area (Å²) in [5.41, 5.74) is 6.81. The van der Waals surface area contributed by atoms with Gasteiger partial charge in [-0.3, -0.25) is 0 Å². The molecule has 4 atom stereocenters. The summed E-state index contributed by atoms with van der Waals surface area (Å²) >= 11 is 0. The number of unbranched alkanes of at least 4 members (excludes halogenated alkanes) is 2. The molecule has 6 rings (SSSR count). The lowest BCUT2D eigenvalue weighted by Gasteiger charge is -2.49. The number of rotatable bonds is 10. The zero-order valence-electron chi connectivity index (χ0n) is 29.4. The number of aromatic hydroxyl groups is 1. The van der Waals surface area contributed by atoms with Crippen LogP contribution in [0.25, 0.3) is 5.57 Å². The van der Waals surface area contributed by atoms with Gasteiger partial charge in [-0.2, -0.15) is 4.89 Å². The van der Waals surface area contributed by atoms with E-state index in [1.165, 1.54) is 5.57 Å². The summed E-state index contributed by atoms with van der Waals surface area (Å²) in [5, 5.41) is 12.0. The first-order valence-corrected chi connectivity index (χ1v) is 17.7. The van der Waals surface area contributed by atoms with E-state index in [-0.39, 0.29) is 23.1 Å². The molecule has 2 aliphatic heterocycles. The van der Waals surface area contributed by atoms with Gasteiger partial charge in [0, 0.05) is 17.1 Å². The van der Waals surface area contributed by atoms with E-state index >= 15 is 0 Å². The normalized spacial score (nSPS) is 25.7. The van der Waals surface area contributed by atoms with E-state index in [1.54, 1.807) is 0 Å². The third-order valence-electron chi connectivity index (χ3n) is 10.9. The van der Waals surface area contributed by atoms with Crippen LogP contribution in [0.3, 0.4) is 0 Å². The number of phenols is 1. The minimum absolute atomic E-state index is 0.0228. The van der Waals surface area contributed by atoms with Crippen molar-refractivity contribution < 1.29 is 29.1 Å². The molecule has 47 heavy (non-hydrogen) atoms. The highest BCUT2D eigenvalue weighted by Crippen LogP contribution is 2.56. The fourth-order valence-electron chi connectivity index (χ4n) is 8.30. The summed E-state index contributed by atoms with van der Waals surface area (Å²) in [7, 11) is 0. The number of esters is 1. The lowest BCUT2D eigenvalue weighted by molar-refractivity contribution is -0.273. The average molecular weight is 641 g/mol. The predicted octanol–water partition coefficient (Wildman–Crippen LogP) is 10.1. The Bertz CT molecular complexity index is 1640. The van der Waals surface area contributed by atoms with Crippen molar-refractivity contribution in [3.05, 3.63) is 81.5 Å². The molecule has 0 spiro atoms. The molecule has 0 saturated heterocycles. The lowest BCUT2D eigenvalue weighted by Crippen LogP contribution is -2.53. The fourth-order valence-corrected chi connectivity index (χ4v) is 8.30. The maximum absolute atomic E-state index is 14.5. The summed E-state index contributed by atoms with van der Waals surface area (Å²) in [5.74, 6) is 1.07. The standard InChI is InChI=1S/C41H52O6/c1-9-11-12-14-27-16-18-29(30-21-25(5)15-17-28(30)24(3)4)37(42)34(27)39(43)45-41(8)20-19-31-35-36-32(44-40(31,6)7)22-26(13-10-2)23-33(36)46-47-38(35)41/h16,18,21-23,28,30,38,42H,3,9-15,17,19-20H2,1-2,4-8H3/t28-,30?,38?,41?/m0/s1. The maximum atomic E-state index is 14.5. The van der Waals surface area contributed by atoms with E-state index in [9.17, 15) is 9.90 Å². The predicted molar refractivity (Wildman–Crippen MR) is 186 cm³/mol. The number of benzene rings is 2. The van der Waals surface area contributed by atoms with Gasteiger partial charge in [-0.1, -0.05) is 69.0 Å². The Morgan fingerprint density at radius 3 is 2.55 bits per heavy atom. The fraction of sp³-hybridized carbons (Fsp3) is 0.537. The van der Waals surface area contributed by atoms with Crippen molar-refractivity contribution in [2.45, 2.75) is 136 Å². The second-order valence-electron chi connectivity index (χ2n) is 15.0. The van der Waals surface area contributed by atoms with Crippen LogP contribution in [0.5, 0.6) is 17.2 Å². The summed E-state index contributed by atoms with van der Waals surface area (Å²) in [6.45, 7) is 18.9. The quantitative estimate of drug-likeness (QED) is 0.121. The van der Waals surface area contributed by atoms with Crippen LogP contribution in [0.1, 0.15) is 138 Å². The number of carbonyl (C=O) groups excluding carboxylic acids is 1. The minimum atomic E-state index is -1.04. The van der Waals surface area contributed by atoms with Gasteiger partial charge in [-0.25, -0.2) is 4.79 Å². The SMILES string of the molecule is C=C(C)[C@@H]1CCC(C)=CC1c1ccc(CCCCC)c(C(=O)OC2(C)CCC3=C4c5c(cc(CCC)cc5OC3(C)C)OOC42)c1O. The molecule has 6 nitrogen and oxygen atoms in total. The minimum Gasteiger partial charge on any atom is -0.507 e. The second-order valence-corrected chi connectivity index (χ2v) is 15.0. The Morgan fingerprint density at radius 1 is 1.06 bits per heavy atom. The first-order valence-electron chi connectivity index (χ1n) is 17.7. The third kappa shape index (κ3) is 6.03. The highest BCUT2D eigenvalue weighted by Gasteiger charge is 2.54. The molecule has 1 N–H and O–H groups in total. The molecular weight excluding hydrogens is 588 g/mol. The molecule has 0 aromatic heterocycles. The van der Waals surface area contributed by atoms with Gasteiger partial charge in [0.15, 0.2) is 11.9 Å². The Morgan fingerprint density at radius 2 is 1.83 bits per heavy atom. The molecule has 2 aromatic rings. The average Bonchev–Trinajstić information content (AvgIpc) is 3.00. The van der Waals surface area contributed by atoms with Crippen molar-refractivity contribution >= 4 is 11.5 Å². The highest BCUT2D eigenvalue weighted by atomic mass is 17.2. The van der Waals surface area contributed by atoms with Gasteiger partial charge in [0.25, 0.3) is 0 Å². The lowest BCUT2D eigenvalue weighted by atomic mass is 9.70. The van der Waals surface area contributed by atoms with Crippen molar-refractivity contribution in [1.29, 1.82) is 0 Å². The molecule has 0 amide bonds. The van der Waals surface area contributed by atoms with Crippen LogP contribution in [-0.2, 0) is 22.5 Å². The van der Waals surface area contributed by atoms with Gasteiger partial charge in [0.05, 0.1) is 5.56 Å². The van der Waals surface area contributed by atoms with Crippen LogP contribution < -0.4 is 9.62 Å². The van der Waals surface area contributed by atoms with Crippen LogP contribution in [0.15, 0.2) is 53.6 Å². The van der Waals surface area contributed by atoms with E-state index in [4.69, 9.17) is 19.2 Å². The molecule has 252 valence electrons. The Labute approximate surface area is 280 Å². The summed E-state index contributed by atoms with van der Waals surface area (Å²) < 4.78 is 13.1. The topological polar surface area (TPSA) is 74.2 Å². The molecular formula is C41H52O6. The Hall–Kier alpha value is -3.51. The monoisotopic (exact) mass is 640 g/mol. The number of hydrogen-bond acceptors (Lipinski definition) is 6. The first kappa shape index (κ1) is 33.4. The number of phenolic OH excluding ortho intramolecular Hbond substituents is 1. The number of aryl methyl sites for hydroxylation is 2. The maximum Gasteiger partial charge on any atom is 0.342 e. The summed E-state index contributed by atoms with van der Waals surface area (Å²) in [6.07, 6.45) is 10.4. The van der Waals surface area contributed by atoms with E-state index in [1.807, 2.05) is 25.1 Å². The van der Waals surface area contributed by atoms with Gasteiger partial charge in [0.1, 0.15) is 28.3 Å². The number of allylic oxidation sites excluding steroid dienone is 3. The Balaban J connectivity index is 1.39. The van der Waals surface area contributed by atoms with Crippen molar-refractivity contribution in [3.8, 4) is 17.2 Å². The van der Waals surface area contributed by atoms with Crippen LogP contribution in [0.4, 0.5) is 0 Å². The Kier molecular flexibility index (Phi) is 9.12. The van der Waals surface area contributed by atoms with E-state index in [2.05, 4.69) is 60.3 Å². The number of ether oxygens (including phenoxy) is 2. The third-order valence-corrected chi connectivity index (χ3v) is 10.9. The molecule has 0 bridgehead atoms. The smallest absolute Gasteiger partial charge is 0.342 e. The van der Waals surface area contributed by atoms with Gasteiger partial charge in [-0.05, 0) is 114 Å². The molecule has 2 heterocycles. The van der Waals surface area contributed by atoms with E-state index in [0.717, 1.165) is 89.7 Å². The van der Waals surface area contributed by atoms with Crippen LogP contribution in [0, 0.1) is 5.92 Å². The largest absolute Gasteiger partial charge is 0.507 e. The molecule has 2 aliphatic carbocycles. The number of carbonyl (C=O) groups is 1. The number of hydrogen-bond donors (Lipinski definition) is 1.